The number of carbonyl (C=O) groups excluding carboxylic acids is 2. The van der Waals surface area contributed by atoms with E-state index in [0.29, 0.717) is 24.3 Å². The summed E-state index contributed by atoms with van der Waals surface area (Å²) in [6, 6.07) is 8.72. The lowest BCUT2D eigenvalue weighted by molar-refractivity contribution is -0.140. The van der Waals surface area contributed by atoms with Crippen LogP contribution in [0.25, 0.3) is 5.76 Å². The molecule has 1 amide bonds. The van der Waals surface area contributed by atoms with Crippen LogP contribution >= 0.6 is 0 Å². The van der Waals surface area contributed by atoms with Gasteiger partial charge in [-0.15, -0.1) is 0 Å². The molecule has 0 aliphatic carbocycles. The van der Waals surface area contributed by atoms with Crippen molar-refractivity contribution in [3.8, 4) is 0 Å². The van der Waals surface area contributed by atoms with Crippen molar-refractivity contribution in [3.63, 3.8) is 0 Å². The van der Waals surface area contributed by atoms with Crippen LogP contribution in [0.1, 0.15) is 28.6 Å². The van der Waals surface area contributed by atoms with Gasteiger partial charge >= 0.3 is 0 Å². The highest BCUT2D eigenvalue weighted by Crippen LogP contribution is 2.40. The van der Waals surface area contributed by atoms with Gasteiger partial charge in [0.15, 0.2) is 0 Å². The molecule has 1 N–H and O–H groups in total. The fraction of sp³-hybridized carbons (Fsp3) is 0.381. The third kappa shape index (κ3) is 3.33. The quantitative estimate of drug-likeness (QED) is 0.486. The second-order valence-corrected chi connectivity index (χ2v) is 7.38. The van der Waals surface area contributed by atoms with Gasteiger partial charge in [-0.2, -0.15) is 5.10 Å². The van der Waals surface area contributed by atoms with Gasteiger partial charge in [-0.1, -0.05) is 30.3 Å². The number of nitrogens with zero attached hydrogens (tertiary/aromatic N) is 4. The van der Waals surface area contributed by atoms with Crippen molar-refractivity contribution in [3.05, 3.63) is 58.4 Å². The predicted octanol–water partition coefficient (Wildman–Crippen LogP) is 2.02. The third-order valence-electron chi connectivity index (χ3n) is 5.19. The highest BCUT2D eigenvalue weighted by atomic mass is 16.3. The first-order valence-corrected chi connectivity index (χ1v) is 9.22. The number of aryl methyl sites for hydroxylation is 2. The lowest BCUT2D eigenvalue weighted by atomic mass is 9.95. The molecule has 7 heteroatoms. The number of likely N-dealkylation sites (N-methyl/N-ethyl adjacent to an activating group) is 1. The SMILES string of the molecule is Cc1nn(C)c(C)c1/C(O)=C1\C(=O)C(=O)N(CCN(C)C)[C@H]1c1ccccc1. The van der Waals surface area contributed by atoms with E-state index in [2.05, 4.69) is 5.10 Å². The Morgan fingerprint density at radius 1 is 1.18 bits per heavy atom. The minimum absolute atomic E-state index is 0.120. The van der Waals surface area contributed by atoms with Gasteiger partial charge in [0.25, 0.3) is 11.7 Å². The molecule has 0 unspecified atom stereocenters. The Morgan fingerprint density at radius 3 is 2.36 bits per heavy atom. The van der Waals surface area contributed by atoms with E-state index in [1.807, 2.05) is 56.3 Å². The van der Waals surface area contributed by atoms with E-state index in [1.54, 1.807) is 23.6 Å². The first kappa shape index (κ1) is 19.8. The lowest BCUT2D eigenvalue weighted by Gasteiger charge is -2.26. The van der Waals surface area contributed by atoms with Crippen LogP contribution in [0.2, 0.25) is 0 Å². The van der Waals surface area contributed by atoms with Crippen molar-refractivity contribution in [1.29, 1.82) is 0 Å². The fourth-order valence-corrected chi connectivity index (χ4v) is 3.65. The number of carbonyl (C=O) groups is 2. The summed E-state index contributed by atoms with van der Waals surface area (Å²) in [6.07, 6.45) is 0. The van der Waals surface area contributed by atoms with Gasteiger partial charge < -0.3 is 14.9 Å². The minimum Gasteiger partial charge on any atom is -0.507 e. The molecule has 1 atom stereocenters. The zero-order valence-electron chi connectivity index (χ0n) is 16.9. The average Bonchev–Trinajstić information content (AvgIpc) is 3.06. The number of rotatable bonds is 5. The molecule has 1 aliphatic heterocycles. The molecule has 2 aromatic rings. The Labute approximate surface area is 164 Å². The van der Waals surface area contributed by atoms with Crippen molar-refractivity contribution >= 4 is 17.4 Å². The third-order valence-corrected chi connectivity index (χ3v) is 5.19. The van der Waals surface area contributed by atoms with Crippen molar-refractivity contribution in [2.24, 2.45) is 7.05 Å². The molecule has 148 valence electrons. The Morgan fingerprint density at radius 2 is 1.82 bits per heavy atom. The monoisotopic (exact) mass is 382 g/mol. The summed E-state index contributed by atoms with van der Waals surface area (Å²) in [5, 5.41) is 15.5. The van der Waals surface area contributed by atoms with Gasteiger partial charge in [-0.3, -0.25) is 14.3 Å². The molecule has 1 aromatic carbocycles. The standard InChI is InChI=1S/C21H26N4O3/c1-13-16(14(2)24(5)22-13)19(26)17-18(15-9-7-6-8-10-15)25(12-11-23(3)4)21(28)20(17)27/h6-10,18,26H,11-12H2,1-5H3/b19-17+/t18-/m0/s1. The Balaban J connectivity index is 2.19. The number of hydrogen-bond acceptors (Lipinski definition) is 5. The topological polar surface area (TPSA) is 78.7 Å². The van der Waals surface area contributed by atoms with Gasteiger partial charge in [0.1, 0.15) is 5.76 Å². The van der Waals surface area contributed by atoms with Crippen LogP contribution in [-0.4, -0.2) is 63.6 Å². The maximum absolute atomic E-state index is 12.9. The molecule has 1 saturated heterocycles. The first-order valence-electron chi connectivity index (χ1n) is 9.22. The number of Topliss-reactive ketones (excluding diaryl/α,β-unsaturated/α-hetero) is 1. The van der Waals surface area contributed by atoms with Crippen LogP contribution in [0.4, 0.5) is 0 Å². The molecular formula is C21H26N4O3. The number of hydrogen-bond donors (Lipinski definition) is 1. The summed E-state index contributed by atoms with van der Waals surface area (Å²) in [6.45, 7) is 4.61. The maximum atomic E-state index is 12.9. The number of aromatic nitrogens is 2. The second-order valence-electron chi connectivity index (χ2n) is 7.38. The molecule has 1 aliphatic rings. The van der Waals surface area contributed by atoms with E-state index >= 15 is 0 Å². The van der Waals surface area contributed by atoms with E-state index in [4.69, 9.17) is 0 Å². The Bertz CT molecular complexity index is 944. The molecule has 7 nitrogen and oxygen atoms in total. The van der Waals surface area contributed by atoms with Gasteiger partial charge in [-0.05, 0) is 33.5 Å². The number of amides is 1. The summed E-state index contributed by atoms with van der Waals surface area (Å²) in [7, 11) is 5.61. The Kier molecular flexibility index (Phi) is 5.38. The molecule has 0 radical (unpaired) electrons. The number of benzene rings is 1. The van der Waals surface area contributed by atoms with Gasteiger partial charge in [0, 0.05) is 25.8 Å². The molecule has 0 spiro atoms. The van der Waals surface area contributed by atoms with Crippen LogP contribution in [0.5, 0.6) is 0 Å². The smallest absolute Gasteiger partial charge is 0.295 e. The molecule has 0 bridgehead atoms. The molecule has 0 saturated carbocycles. The molecule has 2 heterocycles. The number of likely N-dealkylation sites (tertiary alicyclic amines) is 1. The zero-order chi connectivity index (χ0) is 20.6. The van der Waals surface area contributed by atoms with Crippen LogP contribution in [-0.2, 0) is 16.6 Å². The first-order chi connectivity index (χ1) is 13.2. The summed E-state index contributed by atoms with van der Waals surface area (Å²) < 4.78 is 1.66. The van der Waals surface area contributed by atoms with E-state index in [-0.39, 0.29) is 11.3 Å². The minimum atomic E-state index is -0.659. The summed E-state index contributed by atoms with van der Waals surface area (Å²) in [5.41, 5.74) is 2.77. The largest absolute Gasteiger partial charge is 0.507 e. The van der Waals surface area contributed by atoms with E-state index in [0.717, 1.165) is 11.3 Å². The van der Waals surface area contributed by atoms with Crippen molar-refractivity contribution in [2.45, 2.75) is 19.9 Å². The highest BCUT2D eigenvalue weighted by Gasteiger charge is 2.46. The highest BCUT2D eigenvalue weighted by molar-refractivity contribution is 6.46. The predicted molar refractivity (Wildman–Crippen MR) is 107 cm³/mol. The van der Waals surface area contributed by atoms with Crippen LogP contribution in [0.3, 0.4) is 0 Å². The van der Waals surface area contributed by atoms with Crippen LogP contribution in [0.15, 0.2) is 35.9 Å². The van der Waals surface area contributed by atoms with Gasteiger partial charge in [-0.25, -0.2) is 0 Å². The molecule has 1 aromatic heterocycles. The number of aliphatic hydroxyl groups is 1. The number of aliphatic hydroxyl groups excluding tert-OH is 1. The van der Waals surface area contributed by atoms with Crippen molar-refractivity contribution in [1.82, 2.24) is 19.6 Å². The molecule has 28 heavy (non-hydrogen) atoms. The summed E-state index contributed by atoms with van der Waals surface area (Å²) >= 11 is 0. The van der Waals surface area contributed by atoms with E-state index in [1.165, 1.54) is 0 Å². The molecule has 3 rings (SSSR count). The zero-order valence-corrected chi connectivity index (χ0v) is 16.9. The maximum Gasteiger partial charge on any atom is 0.295 e. The fourth-order valence-electron chi connectivity index (χ4n) is 3.65. The Hall–Kier alpha value is -2.93. The summed E-state index contributed by atoms with van der Waals surface area (Å²) in [5.74, 6) is -1.41. The van der Waals surface area contributed by atoms with E-state index < -0.39 is 17.7 Å². The number of ketones is 1. The van der Waals surface area contributed by atoms with Crippen molar-refractivity contribution in [2.75, 3.05) is 27.2 Å². The molecular weight excluding hydrogens is 356 g/mol. The summed E-state index contributed by atoms with van der Waals surface area (Å²) in [4.78, 5) is 29.3. The second kappa shape index (κ2) is 7.59. The van der Waals surface area contributed by atoms with E-state index in [9.17, 15) is 14.7 Å². The lowest BCUT2D eigenvalue weighted by Crippen LogP contribution is -2.35. The molecule has 1 fully saturated rings. The van der Waals surface area contributed by atoms with Crippen LogP contribution in [0, 0.1) is 13.8 Å². The van der Waals surface area contributed by atoms with Crippen LogP contribution < -0.4 is 0 Å². The normalized spacial score (nSPS) is 19.1. The average molecular weight is 382 g/mol. The van der Waals surface area contributed by atoms with Crippen molar-refractivity contribution < 1.29 is 14.7 Å². The van der Waals surface area contributed by atoms with Gasteiger partial charge in [0.05, 0.1) is 22.9 Å². The van der Waals surface area contributed by atoms with Gasteiger partial charge in [0.2, 0.25) is 0 Å².